The van der Waals surface area contributed by atoms with E-state index >= 15 is 0 Å². The van der Waals surface area contributed by atoms with E-state index in [1.807, 2.05) is 0 Å². The molecule has 1 aromatic carbocycles. The summed E-state index contributed by atoms with van der Waals surface area (Å²) < 4.78 is 9.85. The molecule has 0 saturated heterocycles. The van der Waals surface area contributed by atoms with Gasteiger partial charge < -0.3 is 9.47 Å². The zero-order valence-electron chi connectivity index (χ0n) is 8.53. The molecule has 0 bridgehead atoms. The smallest absolute Gasteiger partial charge is 0.340 e. The van der Waals surface area contributed by atoms with Crippen molar-refractivity contribution in [2.45, 2.75) is 11.9 Å². The summed E-state index contributed by atoms with van der Waals surface area (Å²) in [4.78, 5) is 23.2. The van der Waals surface area contributed by atoms with Crippen molar-refractivity contribution in [3.8, 4) is 0 Å². The van der Waals surface area contributed by atoms with Crippen molar-refractivity contribution in [1.82, 2.24) is 0 Å². The molecule has 0 fully saturated rings. The zero-order valence-corrected chi connectivity index (χ0v) is 10.1. The van der Waals surface area contributed by atoms with Crippen LogP contribution in [-0.4, -0.2) is 18.5 Å². The average molecular weight is 285 g/mol. The number of alkyl halides is 1. The van der Waals surface area contributed by atoms with Crippen LogP contribution in [-0.2, 0) is 9.47 Å². The van der Waals surface area contributed by atoms with Gasteiger partial charge in [-0.3, -0.25) is 0 Å². The zero-order chi connectivity index (χ0) is 11.7. The van der Waals surface area contributed by atoms with Crippen molar-refractivity contribution in [3.05, 3.63) is 34.9 Å². The number of carbonyl (C=O) groups is 2. The molecule has 5 heteroatoms. The van der Waals surface area contributed by atoms with Gasteiger partial charge in [-0.15, -0.1) is 0 Å². The van der Waals surface area contributed by atoms with E-state index in [1.165, 1.54) is 0 Å². The summed E-state index contributed by atoms with van der Waals surface area (Å²) in [6, 6.07) is 4.99. The maximum atomic E-state index is 11.6. The van der Waals surface area contributed by atoms with Crippen LogP contribution in [0.15, 0.2) is 18.2 Å². The van der Waals surface area contributed by atoms with Gasteiger partial charge in [0.05, 0.1) is 17.7 Å². The SMILES string of the molecule is CCOC(=O)c1cccc2c1C(=O)OC2Br. The molecular weight excluding hydrogens is 276 g/mol. The third-order valence-corrected chi connectivity index (χ3v) is 2.93. The summed E-state index contributed by atoms with van der Waals surface area (Å²) in [6.45, 7) is 1.99. The standard InChI is InChI=1S/C11H9BrO4/c1-2-15-10(13)7-5-3-4-6-8(7)11(14)16-9(6)12/h3-5,9H,2H2,1H3. The van der Waals surface area contributed by atoms with Crippen molar-refractivity contribution in [1.29, 1.82) is 0 Å². The minimum Gasteiger partial charge on any atom is -0.462 e. The molecule has 4 nitrogen and oxygen atoms in total. The highest BCUT2D eigenvalue weighted by Gasteiger charge is 2.33. The maximum Gasteiger partial charge on any atom is 0.340 e. The minimum atomic E-state index is -0.502. The summed E-state index contributed by atoms with van der Waals surface area (Å²) >= 11 is 3.20. The Hall–Kier alpha value is -1.36. The van der Waals surface area contributed by atoms with Gasteiger partial charge in [0.15, 0.2) is 5.01 Å². The Balaban J connectivity index is 2.49. The highest BCUT2D eigenvalue weighted by Crippen LogP contribution is 2.36. The Morgan fingerprint density at radius 1 is 1.56 bits per heavy atom. The Kier molecular flexibility index (Phi) is 2.96. The molecule has 1 aliphatic heterocycles. The molecule has 2 rings (SSSR count). The van der Waals surface area contributed by atoms with Crippen LogP contribution in [0.4, 0.5) is 0 Å². The lowest BCUT2D eigenvalue weighted by Crippen LogP contribution is -2.10. The van der Waals surface area contributed by atoms with Crippen LogP contribution < -0.4 is 0 Å². The van der Waals surface area contributed by atoms with Gasteiger partial charge in [-0.05, 0) is 28.9 Å². The van der Waals surface area contributed by atoms with Gasteiger partial charge in [-0.1, -0.05) is 12.1 Å². The Bertz CT molecular complexity index is 455. The molecule has 0 aliphatic carbocycles. The normalized spacial score (nSPS) is 17.9. The number of hydrogen-bond acceptors (Lipinski definition) is 4. The molecule has 0 N–H and O–H groups in total. The number of benzene rings is 1. The topological polar surface area (TPSA) is 52.6 Å². The third kappa shape index (κ3) is 1.71. The van der Waals surface area contributed by atoms with Crippen LogP contribution in [0.25, 0.3) is 0 Å². The molecule has 84 valence electrons. The first kappa shape index (κ1) is 11.1. The molecule has 0 saturated carbocycles. The molecule has 16 heavy (non-hydrogen) atoms. The van der Waals surface area contributed by atoms with Crippen LogP contribution in [0, 0.1) is 0 Å². The van der Waals surface area contributed by atoms with E-state index in [4.69, 9.17) is 9.47 Å². The number of cyclic esters (lactones) is 1. The summed E-state index contributed by atoms with van der Waals surface area (Å²) in [7, 11) is 0. The Morgan fingerprint density at radius 3 is 3.00 bits per heavy atom. The van der Waals surface area contributed by atoms with E-state index in [0.717, 1.165) is 0 Å². The van der Waals surface area contributed by atoms with Gasteiger partial charge in [0.1, 0.15) is 0 Å². The van der Waals surface area contributed by atoms with Gasteiger partial charge >= 0.3 is 11.9 Å². The predicted molar refractivity (Wildman–Crippen MR) is 59.5 cm³/mol. The van der Waals surface area contributed by atoms with Gasteiger partial charge in [-0.25, -0.2) is 9.59 Å². The van der Waals surface area contributed by atoms with E-state index in [-0.39, 0.29) is 12.2 Å². The minimum absolute atomic E-state index is 0.256. The molecule has 0 spiro atoms. The lowest BCUT2D eigenvalue weighted by molar-refractivity contribution is 0.0489. The van der Waals surface area contributed by atoms with E-state index in [2.05, 4.69) is 15.9 Å². The number of rotatable bonds is 2. The molecule has 0 amide bonds. The number of fused-ring (bicyclic) bond motifs is 1. The Labute approximate surface area is 101 Å². The summed E-state index contributed by atoms with van der Waals surface area (Å²) in [5.74, 6) is -1.00. The fourth-order valence-electron chi connectivity index (χ4n) is 1.58. The van der Waals surface area contributed by atoms with Crippen LogP contribution in [0.2, 0.25) is 0 Å². The fourth-order valence-corrected chi connectivity index (χ4v) is 2.13. The maximum absolute atomic E-state index is 11.6. The summed E-state index contributed by atoms with van der Waals surface area (Å²) in [5, 5.41) is -0.482. The van der Waals surface area contributed by atoms with Crippen molar-refractivity contribution >= 4 is 27.9 Å². The van der Waals surface area contributed by atoms with Crippen molar-refractivity contribution < 1.29 is 19.1 Å². The number of esters is 2. The fraction of sp³-hybridized carbons (Fsp3) is 0.273. The molecule has 1 aliphatic rings. The van der Waals surface area contributed by atoms with E-state index in [1.54, 1.807) is 25.1 Å². The lowest BCUT2D eigenvalue weighted by atomic mass is 10.0. The number of hydrogen-bond donors (Lipinski definition) is 0. The second kappa shape index (κ2) is 4.25. The Morgan fingerprint density at radius 2 is 2.31 bits per heavy atom. The largest absolute Gasteiger partial charge is 0.462 e. The molecule has 1 heterocycles. The van der Waals surface area contributed by atoms with E-state index in [0.29, 0.717) is 11.1 Å². The summed E-state index contributed by atoms with van der Waals surface area (Å²) in [6.07, 6.45) is 0. The predicted octanol–water partition coefficient (Wildman–Crippen LogP) is 2.43. The quantitative estimate of drug-likeness (QED) is 0.618. The first-order valence-electron chi connectivity index (χ1n) is 4.80. The average Bonchev–Trinajstić information content (AvgIpc) is 2.55. The third-order valence-electron chi connectivity index (χ3n) is 2.25. The van der Waals surface area contributed by atoms with Gasteiger partial charge in [0.2, 0.25) is 0 Å². The van der Waals surface area contributed by atoms with Crippen molar-refractivity contribution in [2.75, 3.05) is 6.61 Å². The van der Waals surface area contributed by atoms with Crippen molar-refractivity contribution in [3.63, 3.8) is 0 Å². The molecular formula is C11H9BrO4. The molecule has 0 aromatic heterocycles. The molecule has 1 unspecified atom stereocenters. The second-order valence-corrected chi connectivity index (χ2v) is 4.04. The van der Waals surface area contributed by atoms with Crippen LogP contribution in [0.1, 0.15) is 38.2 Å². The second-order valence-electron chi connectivity index (χ2n) is 3.21. The van der Waals surface area contributed by atoms with Gasteiger partial charge in [0, 0.05) is 5.56 Å². The first-order chi connectivity index (χ1) is 7.65. The summed E-state index contributed by atoms with van der Waals surface area (Å²) in [5.41, 5.74) is 1.21. The number of carbonyl (C=O) groups excluding carboxylic acids is 2. The number of ether oxygens (including phenoxy) is 2. The highest BCUT2D eigenvalue weighted by molar-refractivity contribution is 9.09. The van der Waals surface area contributed by atoms with Gasteiger partial charge in [0.25, 0.3) is 0 Å². The van der Waals surface area contributed by atoms with Gasteiger partial charge in [-0.2, -0.15) is 0 Å². The number of halogens is 1. The van der Waals surface area contributed by atoms with Crippen LogP contribution >= 0.6 is 15.9 Å². The monoisotopic (exact) mass is 284 g/mol. The van der Waals surface area contributed by atoms with Crippen LogP contribution in [0.5, 0.6) is 0 Å². The lowest BCUT2D eigenvalue weighted by Gasteiger charge is -2.04. The molecule has 0 radical (unpaired) electrons. The highest BCUT2D eigenvalue weighted by atomic mass is 79.9. The van der Waals surface area contributed by atoms with Crippen LogP contribution in [0.3, 0.4) is 0 Å². The molecule has 1 atom stereocenters. The molecule has 1 aromatic rings. The van der Waals surface area contributed by atoms with E-state index in [9.17, 15) is 9.59 Å². The first-order valence-corrected chi connectivity index (χ1v) is 5.71. The van der Waals surface area contributed by atoms with E-state index < -0.39 is 17.0 Å². The van der Waals surface area contributed by atoms with Crippen molar-refractivity contribution in [2.24, 2.45) is 0 Å².